The van der Waals surface area contributed by atoms with E-state index in [0.717, 1.165) is 16.7 Å². The van der Waals surface area contributed by atoms with Crippen LogP contribution < -0.4 is 20.1 Å². The Balaban J connectivity index is 1.43. The normalized spacial score (nSPS) is 12.2. The number of rotatable bonds is 13. The van der Waals surface area contributed by atoms with Crippen LogP contribution in [0.1, 0.15) is 27.0 Å². The molecule has 0 saturated carbocycles. The van der Waals surface area contributed by atoms with Crippen molar-refractivity contribution in [3.63, 3.8) is 0 Å². The van der Waals surface area contributed by atoms with Gasteiger partial charge in [-0.2, -0.15) is 0 Å². The van der Waals surface area contributed by atoms with Gasteiger partial charge in [0.1, 0.15) is 24.1 Å². The quantitative estimate of drug-likeness (QED) is 0.235. The minimum absolute atomic E-state index is 0.228. The van der Waals surface area contributed by atoms with Gasteiger partial charge in [-0.15, -0.1) is 0 Å². The van der Waals surface area contributed by atoms with Crippen LogP contribution in [0.2, 0.25) is 0 Å². The summed E-state index contributed by atoms with van der Waals surface area (Å²) in [5.41, 5.74) is 3.30. The lowest BCUT2D eigenvalue weighted by Gasteiger charge is -2.23. The molecule has 206 valence electrons. The van der Waals surface area contributed by atoms with Crippen molar-refractivity contribution in [2.45, 2.75) is 31.5 Å². The summed E-state index contributed by atoms with van der Waals surface area (Å²) in [7, 11) is 1.59. The summed E-state index contributed by atoms with van der Waals surface area (Å²) in [4.78, 5) is 26.6. The Hall–Kier alpha value is -4.62. The van der Waals surface area contributed by atoms with Crippen LogP contribution in [0.15, 0.2) is 109 Å². The van der Waals surface area contributed by atoms with Crippen LogP contribution >= 0.6 is 0 Å². The Morgan fingerprint density at radius 1 is 0.700 bits per heavy atom. The van der Waals surface area contributed by atoms with Crippen molar-refractivity contribution in [3.8, 4) is 11.5 Å². The van der Waals surface area contributed by atoms with E-state index in [9.17, 15) is 14.7 Å². The number of nitrogens with one attached hydrogen (secondary N) is 2. The van der Waals surface area contributed by atoms with Gasteiger partial charge in [-0.05, 0) is 59.5 Å². The first-order valence-corrected chi connectivity index (χ1v) is 13.2. The van der Waals surface area contributed by atoms with Gasteiger partial charge in [0.15, 0.2) is 0 Å². The van der Waals surface area contributed by atoms with E-state index in [1.807, 2.05) is 84.9 Å². The van der Waals surface area contributed by atoms with E-state index in [1.165, 1.54) is 0 Å². The zero-order valence-electron chi connectivity index (χ0n) is 22.5. The van der Waals surface area contributed by atoms with Gasteiger partial charge in [-0.1, -0.05) is 72.8 Å². The number of aliphatic hydroxyl groups excluding tert-OH is 1. The lowest BCUT2D eigenvalue weighted by Crippen LogP contribution is -2.52. The Morgan fingerprint density at radius 2 is 1.27 bits per heavy atom. The molecule has 2 amide bonds. The fourth-order valence-corrected chi connectivity index (χ4v) is 4.25. The zero-order valence-corrected chi connectivity index (χ0v) is 22.5. The molecule has 0 aliphatic heterocycles. The average Bonchev–Trinajstić information content (AvgIpc) is 3.01. The Kier molecular flexibility index (Phi) is 10.3. The third-order valence-corrected chi connectivity index (χ3v) is 6.48. The van der Waals surface area contributed by atoms with Gasteiger partial charge in [0.05, 0.1) is 19.8 Å². The molecule has 2 unspecified atom stereocenters. The molecule has 0 heterocycles. The molecule has 40 heavy (non-hydrogen) atoms. The van der Waals surface area contributed by atoms with E-state index < -0.39 is 12.1 Å². The summed E-state index contributed by atoms with van der Waals surface area (Å²) in [5.74, 6) is 0.583. The number of aliphatic hydroxyl groups is 1. The van der Waals surface area contributed by atoms with Crippen molar-refractivity contribution in [2.75, 3.05) is 13.7 Å². The smallest absolute Gasteiger partial charge is 0.251 e. The standard InChI is InChI=1S/C33H34N2O5/c1-39-29-16-12-25(13-17-29)21-31(33(38)34-28(22-36)20-24-8-4-2-5-9-24)35-32(37)27-14-18-30(19-15-27)40-23-26-10-6-3-7-11-26/h2-19,28,31,36H,20-23H2,1H3,(H,34,38)(H,35,37). The van der Waals surface area contributed by atoms with Gasteiger partial charge in [0.2, 0.25) is 5.91 Å². The lowest BCUT2D eigenvalue weighted by molar-refractivity contribution is -0.124. The minimum atomic E-state index is -0.861. The molecule has 4 aromatic carbocycles. The van der Waals surface area contributed by atoms with Crippen LogP contribution in [0.3, 0.4) is 0 Å². The van der Waals surface area contributed by atoms with Crippen molar-refractivity contribution in [1.82, 2.24) is 10.6 Å². The molecule has 0 aliphatic carbocycles. The van der Waals surface area contributed by atoms with Crippen LogP contribution in [0.5, 0.6) is 11.5 Å². The highest BCUT2D eigenvalue weighted by atomic mass is 16.5. The zero-order chi connectivity index (χ0) is 28.2. The van der Waals surface area contributed by atoms with E-state index in [4.69, 9.17) is 9.47 Å². The maximum Gasteiger partial charge on any atom is 0.251 e. The minimum Gasteiger partial charge on any atom is -0.497 e. The van der Waals surface area contributed by atoms with Crippen molar-refractivity contribution in [1.29, 1.82) is 0 Å². The molecule has 7 heteroatoms. The summed E-state index contributed by atoms with van der Waals surface area (Å²) >= 11 is 0. The average molecular weight is 539 g/mol. The largest absolute Gasteiger partial charge is 0.497 e. The fraction of sp³-hybridized carbons (Fsp3) is 0.212. The summed E-state index contributed by atoms with van der Waals surface area (Å²) < 4.78 is 11.1. The SMILES string of the molecule is COc1ccc(CC(NC(=O)c2ccc(OCc3ccccc3)cc2)C(=O)NC(CO)Cc2ccccc2)cc1. The highest BCUT2D eigenvalue weighted by molar-refractivity contribution is 5.97. The number of hydrogen-bond acceptors (Lipinski definition) is 5. The fourth-order valence-electron chi connectivity index (χ4n) is 4.25. The second-order valence-electron chi connectivity index (χ2n) is 9.45. The van der Waals surface area contributed by atoms with Crippen LogP contribution in [-0.4, -0.2) is 42.7 Å². The van der Waals surface area contributed by atoms with Gasteiger partial charge >= 0.3 is 0 Å². The maximum atomic E-state index is 13.4. The number of ether oxygens (including phenoxy) is 2. The third kappa shape index (κ3) is 8.44. The monoisotopic (exact) mass is 538 g/mol. The van der Waals surface area contributed by atoms with Crippen LogP contribution in [0.25, 0.3) is 0 Å². The molecule has 0 aromatic heterocycles. The first kappa shape index (κ1) is 28.4. The molecule has 7 nitrogen and oxygen atoms in total. The van der Waals surface area contributed by atoms with Crippen LogP contribution in [0, 0.1) is 0 Å². The van der Waals surface area contributed by atoms with Gasteiger partial charge in [0, 0.05) is 12.0 Å². The predicted molar refractivity (Wildman–Crippen MR) is 154 cm³/mol. The Bertz CT molecular complexity index is 1340. The Labute approximate surface area is 234 Å². The van der Waals surface area contributed by atoms with E-state index in [0.29, 0.717) is 30.1 Å². The maximum absolute atomic E-state index is 13.4. The molecule has 0 radical (unpaired) electrons. The third-order valence-electron chi connectivity index (χ3n) is 6.48. The van der Waals surface area contributed by atoms with E-state index >= 15 is 0 Å². The second-order valence-corrected chi connectivity index (χ2v) is 9.45. The molecule has 0 saturated heterocycles. The van der Waals surface area contributed by atoms with E-state index in [1.54, 1.807) is 31.4 Å². The van der Waals surface area contributed by atoms with Gasteiger partial charge < -0.3 is 25.2 Å². The molecular weight excluding hydrogens is 504 g/mol. The summed E-state index contributed by atoms with van der Waals surface area (Å²) in [6.07, 6.45) is 0.736. The second kappa shape index (κ2) is 14.5. The first-order chi connectivity index (χ1) is 19.5. The van der Waals surface area contributed by atoms with Crippen molar-refractivity contribution in [2.24, 2.45) is 0 Å². The van der Waals surface area contributed by atoms with Crippen LogP contribution in [0.4, 0.5) is 0 Å². The molecule has 2 atom stereocenters. The number of carbonyl (C=O) groups is 2. The van der Waals surface area contributed by atoms with Gasteiger partial charge in [-0.3, -0.25) is 9.59 Å². The van der Waals surface area contributed by atoms with Crippen molar-refractivity contribution >= 4 is 11.8 Å². The van der Waals surface area contributed by atoms with Gasteiger partial charge in [0.25, 0.3) is 5.91 Å². The number of methoxy groups -OCH3 is 1. The van der Waals surface area contributed by atoms with E-state index in [-0.39, 0.29) is 24.8 Å². The van der Waals surface area contributed by atoms with Crippen molar-refractivity contribution < 1.29 is 24.2 Å². The summed E-state index contributed by atoms with van der Waals surface area (Å²) in [5, 5.41) is 15.7. The first-order valence-electron chi connectivity index (χ1n) is 13.2. The van der Waals surface area contributed by atoms with Crippen LogP contribution in [-0.2, 0) is 24.2 Å². The number of carbonyl (C=O) groups excluding carboxylic acids is 2. The molecule has 0 spiro atoms. The highest BCUT2D eigenvalue weighted by Crippen LogP contribution is 2.16. The molecule has 0 aliphatic rings. The lowest BCUT2D eigenvalue weighted by atomic mass is 10.0. The highest BCUT2D eigenvalue weighted by Gasteiger charge is 2.24. The Morgan fingerprint density at radius 3 is 1.88 bits per heavy atom. The molecular formula is C33H34N2O5. The van der Waals surface area contributed by atoms with Crippen molar-refractivity contribution in [3.05, 3.63) is 131 Å². The number of amides is 2. The molecule has 3 N–H and O–H groups in total. The topological polar surface area (TPSA) is 96.9 Å². The summed E-state index contributed by atoms with van der Waals surface area (Å²) in [6, 6.07) is 32.2. The predicted octanol–water partition coefficient (Wildman–Crippen LogP) is 4.34. The van der Waals surface area contributed by atoms with E-state index in [2.05, 4.69) is 10.6 Å². The molecule has 4 aromatic rings. The molecule has 0 bridgehead atoms. The molecule has 4 rings (SSSR count). The van der Waals surface area contributed by atoms with Gasteiger partial charge in [-0.25, -0.2) is 0 Å². The number of benzene rings is 4. The summed E-state index contributed by atoms with van der Waals surface area (Å²) in [6.45, 7) is 0.194. The number of hydrogen-bond donors (Lipinski definition) is 3. The molecule has 0 fully saturated rings.